The fourth-order valence-electron chi connectivity index (χ4n) is 1.79. The molecule has 0 bridgehead atoms. The largest absolute Gasteiger partial charge is 0.348 e. The average molecular weight is 276 g/mol. The summed E-state index contributed by atoms with van der Waals surface area (Å²) in [6.07, 6.45) is 7.15. The van der Waals surface area contributed by atoms with Crippen LogP contribution in [0.3, 0.4) is 0 Å². The summed E-state index contributed by atoms with van der Waals surface area (Å²) >= 11 is 0. The minimum Gasteiger partial charge on any atom is -0.348 e. The fourth-order valence-corrected chi connectivity index (χ4v) is 1.79. The van der Waals surface area contributed by atoms with E-state index >= 15 is 0 Å². The van der Waals surface area contributed by atoms with E-state index in [2.05, 4.69) is 45.1 Å². The summed E-state index contributed by atoms with van der Waals surface area (Å²) < 4.78 is 11.8. The zero-order valence-electron chi connectivity index (χ0n) is 13.0. The molecular weight excluding hydrogens is 248 g/mol. The molecule has 0 saturated carbocycles. The van der Waals surface area contributed by atoms with Crippen LogP contribution >= 0.6 is 0 Å². The van der Waals surface area contributed by atoms with Gasteiger partial charge in [-0.3, -0.25) is 0 Å². The van der Waals surface area contributed by atoms with Crippen molar-refractivity contribution in [3.05, 3.63) is 48.0 Å². The van der Waals surface area contributed by atoms with Gasteiger partial charge in [0.15, 0.2) is 6.29 Å². The molecule has 1 aromatic carbocycles. The van der Waals surface area contributed by atoms with Crippen LogP contribution in [0.15, 0.2) is 42.5 Å². The van der Waals surface area contributed by atoms with Crippen LogP contribution in [0.5, 0.6) is 0 Å². The maximum absolute atomic E-state index is 5.90. The molecule has 0 aromatic heterocycles. The molecule has 2 nitrogen and oxygen atoms in total. The summed E-state index contributed by atoms with van der Waals surface area (Å²) in [5, 5.41) is 0. The lowest BCUT2D eigenvalue weighted by molar-refractivity contribution is -0.147. The Kier molecular flexibility index (Phi) is 9.01. The summed E-state index contributed by atoms with van der Waals surface area (Å²) in [6.45, 7) is 7.98. The highest BCUT2D eigenvalue weighted by atomic mass is 16.7. The lowest BCUT2D eigenvalue weighted by Crippen LogP contribution is -2.11. The Morgan fingerprint density at radius 3 is 2.35 bits per heavy atom. The molecule has 20 heavy (non-hydrogen) atoms. The van der Waals surface area contributed by atoms with Gasteiger partial charge in [-0.05, 0) is 25.2 Å². The fraction of sp³-hybridized carbons (Fsp3) is 0.556. The monoisotopic (exact) mass is 276 g/mol. The van der Waals surface area contributed by atoms with E-state index < -0.39 is 0 Å². The quantitative estimate of drug-likeness (QED) is 0.335. The molecule has 0 radical (unpaired) electrons. The van der Waals surface area contributed by atoms with Gasteiger partial charge in [0.2, 0.25) is 0 Å². The van der Waals surface area contributed by atoms with Crippen molar-refractivity contribution in [3.63, 3.8) is 0 Å². The molecule has 112 valence electrons. The van der Waals surface area contributed by atoms with E-state index in [9.17, 15) is 0 Å². The topological polar surface area (TPSA) is 18.5 Å². The van der Waals surface area contributed by atoms with Crippen LogP contribution in [0, 0.1) is 5.92 Å². The Labute approximate surface area is 123 Å². The van der Waals surface area contributed by atoms with Crippen LogP contribution in [-0.4, -0.2) is 13.2 Å². The molecule has 1 unspecified atom stereocenters. The van der Waals surface area contributed by atoms with Gasteiger partial charge in [0.05, 0.1) is 13.2 Å². The zero-order valence-corrected chi connectivity index (χ0v) is 13.0. The van der Waals surface area contributed by atoms with Gasteiger partial charge in [-0.2, -0.15) is 0 Å². The van der Waals surface area contributed by atoms with Gasteiger partial charge in [0, 0.05) is 5.56 Å². The summed E-state index contributed by atoms with van der Waals surface area (Å²) in [6, 6.07) is 10.2. The summed E-state index contributed by atoms with van der Waals surface area (Å²) in [5.41, 5.74) is 1.09. The van der Waals surface area contributed by atoms with Crippen molar-refractivity contribution in [1.82, 2.24) is 0 Å². The first-order valence-corrected chi connectivity index (χ1v) is 7.67. The van der Waals surface area contributed by atoms with Crippen LogP contribution in [0.25, 0.3) is 0 Å². The maximum Gasteiger partial charge on any atom is 0.183 e. The molecule has 0 heterocycles. The van der Waals surface area contributed by atoms with Gasteiger partial charge >= 0.3 is 0 Å². The lowest BCUT2D eigenvalue weighted by Gasteiger charge is -2.19. The third kappa shape index (κ3) is 7.46. The number of rotatable bonds is 10. The maximum atomic E-state index is 5.90. The average Bonchev–Trinajstić information content (AvgIpc) is 2.46. The van der Waals surface area contributed by atoms with Crippen LogP contribution in [0.2, 0.25) is 0 Å². The van der Waals surface area contributed by atoms with E-state index in [1.807, 2.05) is 18.2 Å². The van der Waals surface area contributed by atoms with Gasteiger partial charge in [-0.15, -0.1) is 0 Å². The smallest absolute Gasteiger partial charge is 0.183 e. The molecule has 0 spiro atoms. The van der Waals surface area contributed by atoms with Crippen molar-refractivity contribution in [2.45, 2.75) is 46.3 Å². The third-order valence-electron chi connectivity index (χ3n) is 2.99. The summed E-state index contributed by atoms with van der Waals surface area (Å²) in [5.74, 6) is 0.652. The summed E-state index contributed by atoms with van der Waals surface area (Å²) in [7, 11) is 0. The Balaban J connectivity index is 2.45. The first kappa shape index (κ1) is 16.9. The molecule has 0 aliphatic rings. The van der Waals surface area contributed by atoms with Crippen molar-refractivity contribution < 1.29 is 9.47 Å². The molecule has 0 fully saturated rings. The summed E-state index contributed by atoms with van der Waals surface area (Å²) in [4.78, 5) is 0. The van der Waals surface area contributed by atoms with Gasteiger partial charge < -0.3 is 9.47 Å². The predicted octanol–water partition coefficient (Wildman–Crippen LogP) is 5.12. The van der Waals surface area contributed by atoms with Gasteiger partial charge in [-0.1, -0.05) is 63.3 Å². The molecule has 1 aromatic rings. The SMILES string of the molecule is CC/C=C\CCOC(OCCC(C)C)c1ccccc1. The molecule has 2 heteroatoms. The third-order valence-corrected chi connectivity index (χ3v) is 2.99. The Morgan fingerprint density at radius 2 is 1.70 bits per heavy atom. The van der Waals surface area contributed by atoms with E-state index in [4.69, 9.17) is 9.47 Å². The van der Waals surface area contributed by atoms with Crippen molar-refractivity contribution >= 4 is 0 Å². The van der Waals surface area contributed by atoms with Gasteiger partial charge in [0.1, 0.15) is 0 Å². The second-order valence-corrected chi connectivity index (χ2v) is 5.34. The van der Waals surface area contributed by atoms with Gasteiger partial charge in [-0.25, -0.2) is 0 Å². The van der Waals surface area contributed by atoms with Crippen LogP contribution in [0.1, 0.15) is 51.9 Å². The zero-order chi connectivity index (χ0) is 14.6. The molecule has 1 atom stereocenters. The van der Waals surface area contributed by atoms with E-state index in [0.29, 0.717) is 12.5 Å². The standard InChI is InChI=1S/C18H28O2/c1-4-5-6-10-14-19-18(20-15-13-16(2)3)17-11-8-7-9-12-17/h5-9,11-12,16,18H,4,10,13-15H2,1-3H3/b6-5-. The molecule has 0 saturated heterocycles. The minimum atomic E-state index is -0.245. The van der Waals surface area contributed by atoms with E-state index in [-0.39, 0.29) is 6.29 Å². The number of hydrogen-bond donors (Lipinski definition) is 0. The van der Waals surface area contributed by atoms with Crippen molar-refractivity contribution in [3.8, 4) is 0 Å². The Hall–Kier alpha value is -1.12. The van der Waals surface area contributed by atoms with Crippen LogP contribution < -0.4 is 0 Å². The van der Waals surface area contributed by atoms with E-state index in [1.165, 1.54) is 0 Å². The molecule has 0 N–H and O–H groups in total. The van der Waals surface area contributed by atoms with Crippen molar-refractivity contribution in [2.75, 3.05) is 13.2 Å². The number of benzene rings is 1. The second-order valence-electron chi connectivity index (χ2n) is 5.34. The molecule has 0 aliphatic heterocycles. The highest BCUT2D eigenvalue weighted by molar-refractivity contribution is 5.15. The van der Waals surface area contributed by atoms with Crippen LogP contribution in [0.4, 0.5) is 0 Å². The number of ether oxygens (including phenoxy) is 2. The van der Waals surface area contributed by atoms with E-state index in [1.54, 1.807) is 0 Å². The molecule has 0 aliphatic carbocycles. The first-order chi connectivity index (χ1) is 9.74. The van der Waals surface area contributed by atoms with Crippen molar-refractivity contribution in [1.29, 1.82) is 0 Å². The first-order valence-electron chi connectivity index (χ1n) is 7.67. The van der Waals surface area contributed by atoms with Gasteiger partial charge in [0.25, 0.3) is 0 Å². The Morgan fingerprint density at radius 1 is 1.00 bits per heavy atom. The normalized spacial score (nSPS) is 13.2. The minimum absolute atomic E-state index is 0.245. The second kappa shape index (κ2) is 10.6. The molecule has 1 rings (SSSR count). The molecule has 0 amide bonds. The molecular formula is C18H28O2. The highest BCUT2D eigenvalue weighted by Gasteiger charge is 2.11. The highest BCUT2D eigenvalue weighted by Crippen LogP contribution is 2.20. The van der Waals surface area contributed by atoms with Crippen LogP contribution in [-0.2, 0) is 9.47 Å². The van der Waals surface area contributed by atoms with Crippen molar-refractivity contribution in [2.24, 2.45) is 5.92 Å². The van der Waals surface area contributed by atoms with E-state index in [0.717, 1.165) is 31.4 Å². The number of hydrogen-bond acceptors (Lipinski definition) is 2. The lowest BCUT2D eigenvalue weighted by atomic mass is 10.1. The number of allylic oxidation sites excluding steroid dienone is 1. The predicted molar refractivity (Wildman–Crippen MR) is 84.6 cm³/mol. The Bertz CT molecular complexity index is 357.